The van der Waals surface area contributed by atoms with Gasteiger partial charge in [0.1, 0.15) is 11.8 Å². The summed E-state index contributed by atoms with van der Waals surface area (Å²) in [5.41, 5.74) is 0.358. The third-order valence-electron chi connectivity index (χ3n) is 5.25. The first kappa shape index (κ1) is 21.5. The Hall–Kier alpha value is -2.71. The average Bonchev–Trinajstić information content (AvgIpc) is 3.25. The Kier molecular flexibility index (Phi) is 6.11. The molecule has 2 atom stereocenters. The van der Waals surface area contributed by atoms with E-state index in [2.05, 4.69) is 5.32 Å². The maximum Gasteiger partial charge on any atom is 0.330 e. The van der Waals surface area contributed by atoms with Crippen LogP contribution in [-0.2, 0) is 19.1 Å². The lowest BCUT2D eigenvalue weighted by molar-refractivity contribution is -0.155. The molecule has 9 heteroatoms. The smallest absolute Gasteiger partial charge is 0.330 e. The minimum absolute atomic E-state index is 0.0551. The fourth-order valence-electron chi connectivity index (χ4n) is 3.72. The number of amides is 2. The molecule has 2 aliphatic heterocycles. The number of hydrogen-bond acceptors (Lipinski definition) is 6. The molecule has 31 heavy (non-hydrogen) atoms. The summed E-state index contributed by atoms with van der Waals surface area (Å²) in [6.07, 6.45) is 1.13. The highest BCUT2D eigenvalue weighted by Crippen LogP contribution is 2.47. The van der Waals surface area contributed by atoms with Gasteiger partial charge in [0.2, 0.25) is 5.91 Å². The molecular formula is C22H21ClN2O5S. The molecule has 1 N–H and O–H groups in total. The van der Waals surface area contributed by atoms with E-state index < -0.39 is 24.5 Å². The number of rotatable bonds is 6. The first-order chi connectivity index (χ1) is 14.9. The van der Waals surface area contributed by atoms with Crippen LogP contribution in [0.5, 0.6) is 11.5 Å². The highest BCUT2D eigenvalue weighted by molar-refractivity contribution is 8.01. The summed E-state index contributed by atoms with van der Waals surface area (Å²) in [7, 11) is 0. The first-order valence-electron chi connectivity index (χ1n) is 9.81. The second-order valence-corrected chi connectivity index (χ2v) is 9.41. The SMILES string of the molecule is C[C@]12CCC(=O)N1[C@@H](C(=O)OCC(=O)Nc1cc(Cl)ccc1Oc1ccccc1)CS2. The zero-order valence-corrected chi connectivity index (χ0v) is 18.4. The van der Waals surface area contributed by atoms with E-state index in [1.165, 1.54) is 0 Å². The number of anilines is 1. The van der Waals surface area contributed by atoms with E-state index in [4.69, 9.17) is 21.1 Å². The number of nitrogens with zero attached hydrogens (tertiary/aromatic N) is 1. The van der Waals surface area contributed by atoms with Gasteiger partial charge >= 0.3 is 5.97 Å². The lowest BCUT2D eigenvalue weighted by Crippen LogP contribution is -2.47. The Balaban J connectivity index is 1.37. The number of nitrogens with one attached hydrogen (secondary N) is 1. The van der Waals surface area contributed by atoms with Crippen molar-refractivity contribution < 1.29 is 23.9 Å². The molecule has 0 saturated carbocycles. The number of para-hydroxylation sites is 1. The summed E-state index contributed by atoms with van der Waals surface area (Å²) in [6.45, 7) is 1.48. The van der Waals surface area contributed by atoms with E-state index in [0.717, 1.165) is 0 Å². The van der Waals surface area contributed by atoms with Crippen molar-refractivity contribution >= 4 is 46.8 Å². The monoisotopic (exact) mass is 460 g/mol. The number of fused-ring (bicyclic) bond motifs is 1. The number of benzene rings is 2. The van der Waals surface area contributed by atoms with E-state index in [0.29, 0.717) is 40.8 Å². The molecule has 0 radical (unpaired) electrons. The highest BCUT2D eigenvalue weighted by atomic mass is 35.5. The van der Waals surface area contributed by atoms with E-state index in [-0.39, 0.29) is 10.8 Å². The summed E-state index contributed by atoms with van der Waals surface area (Å²) in [5, 5.41) is 3.09. The predicted octanol–water partition coefficient (Wildman–Crippen LogP) is 4.07. The number of ether oxygens (including phenoxy) is 2. The number of hydrogen-bond donors (Lipinski definition) is 1. The molecule has 0 spiro atoms. The third kappa shape index (κ3) is 4.65. The zero-order valence-electron chi connectivity index (χ0n) is 16.8. The summed E-state index contributed by atoms with van der Waals surface area (Å²) in [5.74, 6) is 0.305. The largest absolute Gasteiger partial charge is 0.455 e. The number of halogens is 1. The second kappa shape index (κ2) is 8.80. The molecule has 2 fully saturated rings. The van der Waals surface area contributed by atoms with Crippen LogP contribution in [0.1, 0.15) is 19.8 Å². The van der Waals surface area contributed by atoms with Crippen molar-refractivity contribution in [1.82, 2.24) is 4.90 Å². The third-order valence-corrected chi connectivity index (χ3v) is 6.99. The van der Waals surface area contributed by atoms with Crippen molar-refractivity contribution in [3.8, 4) is 11.5 Å². The van der Waals surface area contributed by atoms with Gasteiger partial charge in [-0.15, -0.1) is 11.8 Å². The van der Waals surface area contributed by atoms with Gasteiger partial charge in [-0.3, -0.25) is 9.59 Å². The average molecular weight is 461 g/mol. The number of carbonyl (C=O) groups excluding carboxylic acids is 3. The van der Waals surface area contributed by atoms with Gasteiger partial charge in [-0.1, -0.05) is 29.8 Å². The molecule has 0 unspecified atom stereocenters. The second-order valence-electron chi connectivity index (χ2n) is 7.48. The van der Waals surface area contributed by atoms with Gasteiger partial charge in [0.05, 0.1) is 10.6 Å². The maximum atomic E-state index is 12.5. The molecular weight excluding hydrogens is 440 g/mol. The molecule has 2 aromatic carbocycles. The topological polar surface area (TPSA) is 84.9 Å². The van der Waals surface area contributed by atoms with E-state index in [9.17, 15) is 14.4 Å². The van der Waals surface area contributed by atoms with Crippen molar-refractivity contribution in [1.29, 1.82) is 0 Å². The standard InChI is InChI=1S/C22H21ClN2O5S/c1-22-10-9-20(27)25(22)17(13-31-22)21(28)29-12-19(26)24-16-11-14(23)7-8-18(16)30-15-5-3-2-4-6-15/h2-8,11,17H,9-10,12-13H2,1H3,(H,24,26)/t17-,22+/m1/s1. The van der Waals surface area contributed by atoms with Gasteiger partial charge in [-0.2, -0.15) is 0 Å². The molecule has 0 aliphatic carbocycles. The molecule has 0 bridgehead atoms. The van der Waals surface area contributed by atoms with Gasteiger partial charge in [-0.25, -0.2) is 4.79 Å². The van der Waals surface area contributed by atoms with Crippen LogP contribution >= 0.6 is 23.4 Å². The molecule has 162 valence electrons. The van der Waals surface area contributed by atoms with Crippen LogP contribution < -0.4 is 10.1 Å². The Morgan fingerprint density at radius 3 is 2.81 bits per heavy atom. The van der Waals surface area contributed by atoms with Gasteiger partial charge in [0, 0.05) is 17.2 Å². The predicted molar refractivity (Wildman–Crippen MR) is 118 cm³/mol. The van der Waals surface area contributed by atoms with Gasteiger partial charge in [-0.05, 0) is 43.7 Å². The lowest BCUT2D eigenvalue weighted by Gasteiger charge is -2.29. The Morgan fingerprint density at radius 2 is 2.03 bits per heavy atom. The molecule has 2 aromatic rings. The highest BCUT2D eigenvalue weighted by Gasteiger charge is 2.53. The summed E-state index contributed by atoms with van der Waals surface area (Å²) in [6, 6.07) is 13.3. The Morgan fingerprint density at radius 1 is 1.26 bits per heavy atom. The molecule has 7 nitrogen and oxygen atoms in total. The van der Waals surface area contributed by atoms with Crippen LogP contribution in [0.25, 0.3) is 0 Å². The molecule has 2 saturated heterocycles. The maximum absolute atomic E-state index is 12.5. The van der Waals surface area contributed by atoms with Crippen molar-refractivity contribution in [3.05, 3.63) is 53.6 Å². The van der Waals surface area contributed by atoms with Gasteiger partial charge < -0.3 is 19.7 Å². The summed E-state index contributed by atoms with van der Waals surface area (Å²) >= 11 is 7.63. The molecule has 2 heterocycles. The summed E-state index contributed by atoms with van der Waals surface area (Å²) < 4.78 is 11.0. The normalized spacial score (nSPS) is 22.2. The number of carbonyl (C=O) groups is 3. The van der Waals surface area contributed by atoms with E-state index >= 15 is 0 Å². The molecule has 0 aromatic heterocycles. The zero-order chi connectivity index (χ0) is 22.0. The molecule has 2 aliphatic rings. The van der Waals surface area contributed by atoms with Crippen molar-refractivity contribution in [2.75, 3.05) is 17.7 Å². The Bertz CT molecular complexity index is 1020. The van der Waals surface area contributed by atoms with Gasteiger partial charge in [0.15, 0.2) is 12.4 Å². The minimum atomic E-state index is -0.666. The van der Waals surface area contributed by atoms with Crippen LogP contribution in [0, 0.1) is 0 Å². The van der Waals surface area contributed by atoms with Crippen LogP contribution in [0.2, 0.25) is 5.02 Å². The van der Waals surface area contributed by atoms with E-state index in [1.807, 2.05) is 25.1 Å². The molecule has 4 rings (SSSR count). The Labute approximate surface area is 189 Å². The van der Waals surface area contributed by atoms with Crippen LogP contribution in [0.15, 0.2) is 48.5 Å². The van der Waals surface area contributed by atoms with Crippen molar-refractivity contribution in [3.63, 3.8) is 0 Å². The number of esters is 1. The van der Waals surface area contributed by atoms with E-state index in [1.54, 1.807) is 47.0 Å². The first-order valence-corrected chi connectivity index (χ1v) is 11.2. The van der Waals surface area contributed by atoms with Crippen molar-refractivity contribution in [2.24, 2.45) is 0 Å². The molecule has 2 amide bonds. The van der Waals surface area contributed by atoms with Gasteiger partial charge in [0.25, 0.3) is 5.91 Å². The quantitative estimate of drug-likeness (QED) is 0.654. The van der Waals surface area contributed by atoms with Crippen LogP contribution in [0.4, 0.5) is 5.69 Å². The van der Waals surface area contributed by atoms with Crippen molar-refractivity contribution in [2.45, 2.75) is 30.7 Å². The number of thioether (sulfide) groups is 1. The fourth-order valence-corrected chi connectivity index (χ4v) is 5.31. The van der Waals surface area contributed by atoms with Crippen LogP contribution in [0.3, 0.4) is 0 Å². The fraction of sp³-hybridized carbons (Fsp3) is 0.318. The summed E-state index contributed by atoms with van der Waals surface area (Å²) in [4.78, 5) is 38.4. The lowest BCUT2D eigenvalue weighted by atomic mass is 10.2. The van der Waals surface area contributed by atoms with Crippen LogP contribution in [-0.4, -0.2) is 46.0 Å². The minimum Gasteiger partial charge on any atom is -0.455 e.